The quantitative estimate of drug-likeness (QED) is 0.748. The van der Waals surface area contributed by atoms with E-state index >= 15 is 0 Å². The molecular formula is C20H22ClN3O2S. The molecule has 7 heteroatoms. The lowest BCUT2D eigenvalue weighted by atomic mass is 9.54. The summed E-state index contributed by atoms with van der Waals surface area (Å²) in [4.78, 5) is 12.5. The van der Waals surface area contributed by atoms with Crippen LogP contribution in [0.25, 0.3) is 11.5 Å². The Kier molecular flexibility index (Phi) is 4.64. The Morgan fingerprint density at radius 2 is 1.74 bits per heavy atom. The van der Waals surface area contributed by atoms with Gasteiger partial charge in [-0.25, -0.2) is 0 Å². The molecule has 6 rings (SSSR count). The Labute approximate surface area is 167 Å². The molecule has 1 N–H and O–H groups in total. The molecule has 4 fully saturated rings. The summed E-state index contributed by atoms with van der Waals surface area (Å²) in [5, 5.41) is 12.5. The van der Waals surface area contributed by atoms with Crippen LogP contribution in [0, 0.1) is 23.7 Å². The minimum atomic E-state index is 0.0729. The Hall–Kier alpha value is -1.53. The summed E-state index contributed by atoms with van der Waals surface area (Å²) in [7, 11) is 0. The van der Waals surface area contributed by atoms with Crippen LogP contribution in [0.2, 0.25) is 5.02 Å². The molecule has 1 aromatic heterocycles. The Bertz CT molecular complexity index is 810. The number of nitrogens with zero attached hydrogens (tertiary/aromatic N) is 2. The van der Waals surface area contributed by atoms with Crippen molar-refractivity contribution in [3.8, 4) is 11.5 Å². The molecule has 4 aliphatic rings. The van der Waals surface area contributed by atoms with Crippen LogP contribution in [0.1, 0.15) is 32.1 Å². The molecule has 0 spiro atoms. The molecule has 4 saturated carbocycles. The molecule has 142 valence electrons. The molecule has 1 amide bonds. The summed E-state index contributed by atoms with van der Waals surface area (Å²) < 4.78 is 5.66. The van der Waals surface area contributed by atoms with Crippen LogP contribution >= 0.6 is 23.4 Å². The third-order valence-electron chi connectivity index (χ3n) is 6.38. The number of hydrogen-bond acceptors (Lipinski definition) is 5. The number of rotatable bonds is 5. The maximum absolute atomic E-state index is 12.5. The standard InChI is InChI=1S/C20H22ClN3O2S/c21-16-3-1-13(2-4-16)19-23-24-20(26-19)27-10-17(25)22-18-14-6-11-5-12(8-14)9-15(18)7-11/h1-4,11-12,14-15,18H,5-10H2,(H,22,25). The van der Waals surface area contributed by atoms with E-state index in [1.807, 2.05) is 12.1 Å². The topological polar surface area (TPSA) is 68.0 Å². The monoisotopic (exact) mass is 403 g/mol. The molecule has 2 aromatic rings. The highest BCUT2D eigenvalue weighted by atomic mass is 35.5. The molecule has 27 heavy (non-hydrogen) atoms. The fourth-order valence-electron chi connectivity index (χ4n) is 5.49. The van der Waals surface area contributed by atoms with Crippen molar-refractivity contribution in [1.82, 2.24) is 15.5 Å². The summed E-state index contributed by atoms with van der Waals surface area (Å²) in [6.07, 6.45) is 6.65. The summed E-state index contributed by atoms with van der Waals surface area (Å²) in [5.41, 5.74) is 0.816. The van der Waals surface area contributed by atoms with Gasteiger partial charge in [0, 0.05) is 16.6 Å². The van der Waals surface area contributed by atoms with Crippen LogP contribution < -0.4 is 5.32 Å². The third-order valence-corrected chi connectivity index (χ3v) is 7.45. The van der Waals surface area contributed by atoms with Gasteiger partial charge in [0.2, 0.25) is 11.8 Å². The molecule has 1 heterocycles. The molecule has 4 aliphatic carbocycles. The number of aromatic nitrogens is 2. The van der Waals surface area contributed by atoms with E-state index in [4.69, 9.17) is 16.0 Å². The van der Waals surface area contributed by atoms with Gasteiger partial charge in [-0.2, -0.15) is 0 Å². The van der Waals surface area contributed by atoms with Crippen LogP contribution in [0.4, 0.5) is 0 Å². The fourth-order valence-corrected chi connectivity index (χ4v) is 6.19. The van der Waals surface area contributed by atoms with E-state index in [-0.39, 0.29) is 5.91 Å². The highest BCUT2D eigenvalue weighted by Gasteiger charge is 2.48. The van der Waals surface area contributed by atoms with Crippen molar-refractivity contribution < 1.29 is 9.21 Å². The van der Waals surface area contributed by atoms with E-state index in [1.165, 1.54) is 43.9 Å². The molecule has 0 saturated heterocycles. The van der Waals surface area contributed by atoms with Gasteiger partial charge in [0.05, 0.1) is 5.75 Å². The molecule has 5 nitrogen and oxygen atoms in total. The van der Waals surface area contributed by atoms with Crippen molar-refractivity contribution in [3.63, 3.8) is 0 Å². The number of nitrogens with one attached hydrogen (secondary N) is 1. The molecule has 4 bridgehead atoms. The molecule has 0 radical (unpaired) electrons. The van der Waals surface area contributed by atoms with Crippen LogP contribution in [0.3, 0.4) is 0 Å². The van der Waals surface area contributed by atoms with Crippen LogP contribution in [-0.4, -0.2) is 27.9 Å². The van der Waals surface area contributed by atoms with Crippen molar-refractivity contribution in [3.05, 3.63) is 29.3 Å². The van der Waals surface area contributed by atoms with E-state index in [0.29, 0.717) is 39.8 Å². The van der Waals surface area contributed by atoms with Gasteiger partial charge in [0.25, 0.3) is 5.22 Å². The van der Waals surface area contributed by atoms with Crippen molar-refractivity contribution in [1.29, 1.82) is 0 Å². The molecular weight excluding hydrogens is 382 g/mol. The second-order valence-electron chi connectivity index (χ2n) is 8.19. The van der Waals surface area contributed by atoms with E-state index in [1.54, 1.807) is 12.1 Å². The van der Waals surface area contributed by atoms with Crippen LogP contribution in [0.15, 0.2) is 33.9 Å². The first-order valence-electron chi connectivity index (χ1n) is 9.65. The first-order chi connectivity index (χ1) is 13.1. The van der Waals surface area contributed by atoms with Crippen LogP contribution in [-0.2, 0) is 4.79 Å². The van der Waals surface area contributed by atoms with Gasteiger partial charge in [-0.1, -0.05) is 23.4 Å². The van der Waals surface area contributed by atoms with E-state index in [9.17, 15) is 4.79 Å². The molecule has 0 atom stereocenters. The van der Waals surface area contributed by atoms with Crippen LogP contribution in [0.5, 0.6) is 0 Å². The SMILES string of the molecule is O=C(CSc1nnc(-c2ccc(Cl)cc2)o1)NC1C2CC3CC(C2)CC1C3. The number of thioether (sulfide) groups is 1. The Balaban J connectivity index is 1.16. The zero-order valence-electron chi connectivity index (χ0n) is 14.9. The van der Waals surface area contributed by atoms with E-state index < -0.39 is 0 Å². The van der Waals surface area contributed by atoms with Gasteiger partial charge in [-0.15, -0.1) is 10.2 Å². The number of carbonyl (C=O) groups excluding carboxylic acids is 1. The highest BCUT2D eigenvalue weighted by Crippen LogP contribution is 2.53. The molecule has 1 aromatic carbocycles. The second kappa shape index (κ2) is 7.13. The summed E-state index contributed by atoms with van der Waals surface area (Å²) >= 11 is 7.19. The minimum absolute atomic E-state index is 0.0729. The largest absolute Gasteiger partial charge is 0.411 e. The number of halogens is 1. The maximum Gasteiger partial charge on any atom is 0.277 e. The van der Waals surface area contributed by atoms with Crippen molar-refractivity contribution in [2.24, 2.45) is 23.7 Å². The predicted molar refractivity (Wildman–Crippen MR) is 104 cm³/mol. The van der Waals surface area contributed by atoms with Gasteiger partial charge in [-0.3, -0.25) is 4.79 Å². The molecule has 0 aliphatic heterocycles. The second-order valence-corrected chi connectivity index (χ2v) is 9.56. The number of amides is 1. The summed E-state index contributed by atoms with van der Waals surface area (Å²) in [6.45, 7) is 0. The fraction of sp³-hybridized carbons (Fsp3) is 0.550. The predicted octanol–water partition coefficient (Wildman–Crippen LogP) is 4.42. The average Bonchev–Trinajstić information content (AvgIpc) is 3.12. The van der Waals surface area contributed by atoms with E-state index in [2.05, 4.69) is 15.5 Å². The maximum atomic E-state index is 12.5. The van der Waals surface area contributed by atoms with Crippen molar-refractivity contribution >= 4 is 29.3 Å². The first-order valence-corrected chi connectivity index (χ1v) is 11.0. The zero-order valence-corrected chi connectivity index (χ0v) is 16.5. The number of hydrogen-bond donors (Lipinski definition) is 1. The lowest BCUT2D eigenvalue weighted by Gasteiger charge is -2.54. The minimum Gasteiger partial charge on any atom is -0.411 e. The van der Waals surface area contributed by atoms with Gasteiger partial charge in [0.1, 0.15) is 0 Å². The van der Waals surface area contributed by atoms with Crippen molar-refractivity contribution in [2.75, 3.05) is 5.75 Å². The Morgan fingerprint density at radius 3 is 2.41 bits per heavy atom. The lowest BCUT2D eigenvalue weighted by Crippen LogP contribution is -2.56. The average molecular weight is 404 g/mol. The smallest absolute Gasteiger partial charge is 0.277 e. The lowest BCUT2D eigenvalue weighted by molar-refractivity contribution is -0.122. The van der Waals surface area contributed by atoms with E-state index in [0.717, 1.165) is 17.4 Å². The van der Waals surface area contributed by atoms with Gasteiger partial charge < -0.3 is 9.73 Å². The van der Waals surface area contributed by atoms with Gasteiger partial charge in [0.15, 0.2) is 0 Å². The van der Waals surface area contributed by atoms with Gasteiger partial charge >= 0.3 is 0 Å². The molecule has 0 unspecified atom stereocenters. The summed E-state index contributed by atoms with van der Waals surface area (Å²) in [5.74, 6) is 4.04. The third kappa shape index (κ3) is 3.61. The zero-order chi connectivity index (χ0) is 18.4. The number of carbonyl (C=O) groups is 1. The highest BCUT2D eigenvalue weighted by molar-refractivity contribution is 7.99. The van der Waals surface area contributed by atoms with Crippen molar-refractivity contribution in [2.45, 2.75) is 43.4 Å². The normalized spacial score (nSPS) is 31.2. The van der Waals surface area contributed by atoms with Gasteiger partial charge in [-0.05, 0) is 80.0 Å². The first kappa shape index (κ1) is 17.6. The summed E-state index contributed by atoms with van der Waals surface area (Å²) in [6, 6.07) is 7.61. The number of benzene rings is 1. The Morgan fingerprint density at radius 1 is 1.07 bits per heavy atom.